The molecule has 0 aromatic heterocycles. The van der Waals surface area contributed by atoms with Crippen molar-refractivity contribution in [3.05, 3.63) is 53.6 Å². The minimum atomic E-state index is -3.73. The Bertz CT molecular complexity index is 1000. The zero-order chi connectivity index (χ0) is 19.3. The number of nitriles is 1. The van der Waals surface area contributed by atoms with Crippen LogP contribution in [0.3, 0.4) is 0 Å². The second-order valence-corrected chi connectivity index (χ2v) is 7.21. The third-order valence-corrected chi connectivity index (χ3v) is 4.98. The largest absolute Gasteiger partial charge is 0.382 e. The number of anilines is 2. The molecule has 0 bridgehead atoms. The molecule has 0 aliphatic heterocycles. The molecule has 26 heavy (non-hydrogen) atoms. The molecule has 134 valence electrons. The molecule has 0 radical (unpaired) electrons. The molecule has 0 amide bonds. The summed E-state index contributed by atoms with van der Waals surface area (Å²) >= 11 is 0. The minimum Gasteiger partial charge on any atom is -0.382 e. The fraction of sp³-hybridized carbons (Fsp3) is 0.118. The van der Waals surface area contributed by atoms with Gasteiger partial charge in [0.2, 0.25) is 5.71 Å². The number of nitrogens with two attached hydrogens (primary N) is 1. The van der Waals surface area contributed by atoms with Crippen molar-refractivity contribution in [2.45, 2.75) is 18.7 Å². The first kappa shape index (κ1) is 19.0. The zero-order valence-electron chi connectivity index (χ0n) is 14.2. The number of hydrogen-bond acceptors (Lipinski definition) is 6. The molecule has 0 aliphatic carbocycles. The summed E-state index contributed by atoms with van der Waals surface area (Å²) in [7, 11) is -3.73. The van der Waals surface area contributed by atoms with E-state index in [4.69, 9.17) is 16.4 Å². The normalized spacial score (nSPS) is 11.5. The van der Waals surface area contributed by atoms with Crippen molar-refractivity contribution in [1.82, 2.24) is 0 Å². The van der Waals surface area contributed by atoms with Crippen molar-refractivity contribution in [2.75, 3.05) is 10.1 Å². The smallest absolute Gasteiger partial charge is 0.261 e. The number of sulfonamides is 1. The summed E-state index contributed by atoms with van der Waals surface area (Å²) in [6.07, 6.45) is 0. The summed E-state index contributed by atoms with van der Waals surface area (Å²) in [5.41, 5.74) is 10.5. The van der Waals surface area contributed by atoms with Gasteiger partial charge in [-0.3, -0.25) is 15.6 Å². The van der Waals surface area contributed by atoms with Crippen LogP contribution in [0.4, 0.5) is 11.4 Å². The van der Waals surface area contributed by atoms with Gasteiger partial charge < -0.3 is 5.73 Å². The van der Waals surface area contributed by atoms with Crippen molar-refractivity contribution in [2.24, 2.45) is 10.8 Å². The van der Waals surface area contributed by atoms with Gasteiger partial charge >= 0.3 is 0 Å². The molecule has 0 fully saturated rings. The lowest BCUT2D eigenvalue weighted by Gasteiger charge is -2.10. The van der Waals surface area contributed by atoms with Crippen LogP contribution in [0.5, 0.6) is 0 Å². The lowest BCUT2D eigenvalue weighted by Crippen LogP contribution is -2.21. The van der Waals surface area contributed by atoms with Crippen LogP contribution in [0.1, 0.15) is 11.1 Å². The lowest BCUT2D eigenvalue weighted by atomic mass is 10.1. The van der Waals surface area contributed by atoms with E-state index in [1.54, 1.807) is 18.2 Å². The Labute approximate surface area is 151 Å². The molecular formula is C17H18N6O2S. The van der Waals surface area contributed by atoms with E-state index in [2.05, 4.69) is 15.2 Å². The molecule has 0 atom stereocenters. The van der Waals surface area contributed by atoms with Crippen molar-refractivity contribution < 1.29 is 8.42 Å². The Morgan fingerprint density at radius 1 is 1.12 bits per heavy atom. The van der Waals surface area contributed by atoms with Crippen LogP contribution in [0.2, 0.25) is 0 Å². The van der Waals surface area contributed by atoms with E-state index in [0.29, 0.717) is 11.4 Å². The van der Waals surface area contributed by atoms with Crippen LogP contribution < -0.4 is 15.9 Å². The van der Waals surface area contributed by atoms with Gasteiger partial charge in [0.25, 0.3) is 10.0 Å². The highest BCUT2D eigenvalue weighted by Crippen LogP contribution is 2.20. The van der Waals surface area contributed by atoms with Gasteiger partial charge in [0.15, 0.2) is 5.84 Å². The first-order valence-corrected chi connectivity index (χ1v) is 8.99. The lowest BCUT2D eigenvalue weighted by molar-refractivity contribution is 0.601. The monoisotopic (exact) mass is 370 g/mol. The Morgan fingerprint density at radius 2 is 1.73 bits per heavy atom. The number of amidine groups is 1. The molecular weight excluding hydrogens is 352 g/mol. The topological polar surface area (TPSA) is 144 Å². The maximum atomic E-state index is 12.5. The maximum Gasteiger partial charge on any atom is 0.261 e. The highest BCUT2D eigenvalue weighted by atomic mass is 32.2. The van der Waals surface area contributed by atoms with Gasteiger partial charge in [0.05, 0.1) is 10.6 Å². The van der Waals surface area contributed by atoms with E-state index in [1.807, 2.05) is 19.9 Å². The number of nitrogens with zero attached hydrogens (tertiary/aromatic N) is 2. The number of aryl methyl sites for hydroxylation is 2. The standard InChI is InChI=1S/C17H18N6O2S/c1-11-3-4-14(9-12(11)2)23-26(24,25)15-7-5-13(6-8-15)21-22-16(10-18)17(19)20/h3-9,21,23H,1-2H3,(H3,19,20)/b22-16+. The van der Waals surface area contributed by atoms with Crippen molar-refractivity contribution in [1.29, 1.82) is 10.7 Å². The van der Waals surface area contributed by atoms with E-state index in [-0.39, 0.29) is 10.6 Å². The van der Waals surface area contributed by atoms with Crippen LogP contribution in [0.15, 0.2) is 52.5 Å². The molecule has 0 saturated carbocycles. The van der Waals surface area contributed by atoms with Gasteiger partial charge in [-0.1, -0.05) is 6.07 Å². The molecule has 2 aromatic carbocycles. The first-order valence-electron chi connectivity index (χ1n) is 7.51. The summed E-state index contributed by atoms with van der Waals surface area (Å²) < 4.78 is 27.5. The van der Waals surface area contributed by atoms with Gasteiger partial charge in [0.1, 0.15) is 6.07 Å². The average Bonchev–Trinajstić information content (AvgIpc) is 2.58. The molecule has 5 N–H and O–H groups in total. The summed E-state index contributed by atoms with van der Waals surface area (Å²) in [4.78, 5) is 0.0809. The average molecular weight is 370 g/mol. The van der Waals surface area contributed by atoms with Gasteiger partial charge in [0, 0.05) is 5.69 Å². The Balaban J connectivity index is 2.17. The molecule has 2 rings (SSSR count). The minimum absolute atomic E-state index is 0.0809. The molecule has 8 nitrogen and oxygen atoms in total. The van der Waals surface area contributed by atoms with Crippen LogP contribution in [-0.2, 0) is 10.0 Å². The van der Waals surface area contributed by atoms with Gasteiger partial charge in [-0.15, -0.1) is 0 Å². The van der Waals surface area contributed by atoms with Gasteiger partial charge in [-0.25, -0.2) is 8.42 Å². The highest BCUT2D eigenvalue weighted by Gasteiger charge is 2.14. The quantitative estimate of drug-likeness (QED) is 0.350. The Hall–Kier alpha value is -3.38. The predicted molar refractivity (Wildman–Crippen MR) is 102 cm³/mol. The van der Waals surface area contributed by atoms with Crippen molar-refractivity contribution >= 4 is 32.9 Å². The van der Waals surface area contributed by atoms with E-state index >= 15 is 0 Å². The fourth-order valence-corrected chi connectivity index (χ4v) is 3.04. The van der Waals surface area contributed by atoms with Gasteiger partial charge in [-0.05, 0) is 61.4 Å². The Morgan fingerprint density at radius 3 is 2.27 bits per heavy atom. The van der Waals surface area contributed by atoms with E-state index in [1.165, 1.54) is 24.3 Å². The molecule has 0 heterocycles. The van der Waals surface area contributed by atoms with E-state index in [0.717, 1.165) is 11.1 Å². The second-order valence-electron chi connectivity index (χ2n) is 5.53. The van der Waals surface area contributed by atoms with E-state index < -0.39 is 15.9 Å². The molecule has 0 aliphatic rings. The third-order valence-electron chi connectivity index (χ3n) is 3.58. The third kappa shape index (κ3) is 4.58. The second kappa shape index (κ2) is 7.67. The number of benzene rings is 2. The van der Waals surface area contributed by atoms with Crippen LogP contribution in [-0.4, -0.2) is 20.0 Å². The molecule has 0 saturated heterocycles. The molecule has 0 spiro atoms. The van der Waals surface area contributed by atoms with Crippen LogP contribution in [0, 0.1) is 30.6 Å². The van der Waals surface area contributed by atoms with E-state index in [9.17, 15) is 8.42 Å². The molecule has 0 unspecified atom stereocenters. The first-order chi connectivity index (χ1) is 12.2. The Kier molecular flexibility index (Phi) is 5.59. The van der Waals surface area contributed by atoms with Gasteiger partial charge in [-0.2, -0.15) is 10.4 Å². The zero-order valence-corrected chi connectivity index (χ0v) is 15.1. The predicted octanol–water partition coefficient (Wildman–Crippen LogP) is 2.33. The van der Waals surface area contributed by atoms with Crippen molar-refractivity contribution in [3.8, 4) is 6.07 Å². The number of nitrogens with one attached hydrogen (secondary N) is 3. The van der Waals surface area contributed by atoms with Crippen LogP contribution in [0.25, 0.3) is 0 Å². The fourth-order valence-electron chi connectivity index (χ4n) is 1.99. The summed E-state index contributed by atoms with van der Waals surface area (Å²) in [5.74, 6) is -0.461. The number of hydrogen-bond donors (Lipinski definition) is 4. The number of rotatable bonds is 6. The van der Waals surface area contributed by atoms with Crippen LogP contribution >= 0.6 is 0 Å². The number of hydrazone groups is 1. The summed E-state index contributed by atoms with van der Waals surface area (Å²) in [5, 5.41) is 19.6. The molecule has 2 aromatic rings. The molecule has 9 heteroatoms. The summed E-state index contributed by atoms with van der Waals surface area (Å²) in [6.45, 7) is 3.86. The maximum absolute atomic E-state index is 12.5. The highest BCUT2D eigenvalue weighted by molar-refractivity contribution is 7.92. The SMILES string of the molecule is Cc1ccc(NS(=O)(=O)c2ccc(N/N=C(\C#N)C(=N)N)cc2)cc1C. The summed E-state index contributed by atoms with van der Waals surface area (Å²) in [6, 6.07) is 12.8. The van der Waals surface area contributed by atoms with Crippen molar-refractivity contribution in [3.63, 3.8) is 0 Å².